The number of hydrogen-bond donors (Lipinski definition) is 1. The Morgan fingerprint density at radius 1 is 1.12 bits per heavy atom. The minimum atomic E-state index is -3.41. The lowest BCUT2D eigenvalue weighted by Gasteiger charge is -2.05. The van der Waals surface area contributed by atoms with Crippen LogP contribution >= 0.6 is 11.6 Å². The molecule has 126 valence electrons. The quantitative estimate of drug-likeness (QED) is 0.802. The van der Waals surface area contributed by atoms with Crippen LogP contribution in [0.4, 0.5) is 0 Å². The summed E-state index contributed by atoms with van der Waals surface area (Å²) < 4.78 is 31.8. The highest BCUT2D eigenvalue weighted by Gasteiger charge is 2.10. The zero-order valence-electron chi connectivity index (χ0n) is 13.3. The van der Waals surface area contributed by atoms with Crippen molar-refractivity contribution in [3.63, 3.8) is 0 Å². The summed E-state index contributed by atoms with van der Waals surface area (Å²) in [6, 6.07) is 14.5. The first-order valence-electron chi connectivity index (χ1n) is 7.32. The number of nitrogens with one attached hydrogen (secondary N) is 1. The highest BCUT2D eigenvalue weighted by Crippen LogP contribution is 2.22. The first-order chi connectivity index (χ1) is 11.5. The van der Waals surface area contributed by atoms with Gasteiger partial charge in [-0.2, -0.15) is 0 Å². The van der Waals surface area contributed by atoms with Crippen molar-refractivity contribution in [2.24, 2.45) is 0 Å². The lowest BCUT2D eigenvalue weighted by atomic mass is 10.2. The fourth-order valence-corrected chi connectivity index (χ4v) is 3.21. The maximum atomic E-state index is 12.0. The van der Waals surface area contributed by atoms with Gasteiger partial charge in [0.2, 0.25) is 10.0 Å². The van der Waals surface area contributed by atoms with Gasteiger partial charge in [0.15, 0.2) is 0 Å². The summed E-state index contributed by atoms with van der Waals surface area (Å²) in [5.74, 6) is 5.96. The van der Waals surface area contributed by atoms with Crippen molar-refractivity contribution in [3.05, 3.63) is 64.7 Å². The van der Waals surface area contributed by atoms with E-state index in [4.69, 9.17) is 16.3 Å². The van der Waals surface area contributed by atoms with Crippen molar-refractivity contribution >= 4 is 21.6 Å². The molecule has 0 heterocycles. The van der Waals surface area contributed by atoms with Crippen LogP contribution in [0, 0.1) is 18.8 Å². The zero-order valence-corrected chi connectivity index (χ0v) is 14.8. The highest BCUT2D eigenvalue weighted by molar-refractivity contribution is 7.88. The second kappa shape index (κ2) is 8.74. The number of hydrogen-bond acceptors (Lipinski definition) is 3. The molecule has 0 fully saturated rings. The standard InChI is InChI=1S/C18H18ClNO3S/c1-15-7-6-8-16(13-15)14-24(21,22)20-11-4-5-12-23-18-10-3-2-9-17(18)19/h2-3,6-10,13,20H,11-12,14H2,1H3. The monoisotopic (exact) mass is 363 g/mol. The molecule has 1 N–H and O–H groups in total. The first kappa shape index (κ1) is 18.3. The maximum Gasteiger partial charge on any atom is 0.216 e. The van der Waals surface area contributed by atoms with Crippen molar-refractivity contribution in [3.8, 4) is 17.6 Å². The third-order valence-electron chi connectivity index (χ3n) is 3.08. The molecular formula is C18H18ClNO3S. The maximum absolute atomic E-state index is 12.0. The molecular weight excluding hydrogens is 346 g/mol. The molecule has 0 aliphatic rings. The number of benzene rings is 2. The normalized spacial score (nSPS) is 10.8. The van der Waals surface area contributed by atoms with Crippen molar-refractivity contribution < 1.29 is 13.2 Å². The van der Waals surface area contributed by atoms with Gasteiger partial charge in [-0.1, -0.05) is 65.4 Å². The van der Waals surface area contributed by atoms with Crippen LogP contribution in [0.3, 0.4) is 0 Å². The topological polar surface area (TPSA) is 55.4 Å². The van der Waals surface area contributed by atoms with E-state index in [0.717, 1.165) is 11.1 Å². The van der Waals surface area contributed by atoms with Gasteiger partial charge in [-0.25, -0.2) is 13.1 Å². The van der Waals surface area contributed by atoms with Gasteiger partial charge >= 0.3 is 0 Å². The summed E-state index contributed by atoms with van der Waals surface area (Å²) in [7, 11) is -3.41. The summed E-state index contributed by atoms with van der Waals surface area (Å²) in [5, 5.41) is 0.512. The molecule has 0 radical (unpaired) electrons. The average Bonchev–Trinajstić information content (AvgIpc) is 2.52. The van der Waals surface area contributed by atoms with E-state index in [0.29, 0.717) is 10.8 Å². The van der Waals surface area contributed by atoms with Crippen LogP contribution in [0.5, 0.6) is 5.75 Å². The Balaban J connectivity index is 1.78. The molecule has 0 saturated carbocycles. The fraction of sp³-hybridized carbons (Fsp3) is 0.222. The molecule has 0 atom stereocenters. The van der Waals surface area contributed by atoms with Gasteiger partial charge in [-0.3, -0.25) is 0 Å². The van der Waals surface area contributed by atoms with Crippen molar-refractivity contribution in [1.82, 2.24) is 4.72 Å². The molecule has 6 heteroatoms. The Kier molecular flexibility index (Phi) is 6.68. The van der Waals surface area contributed by atoms with Gasteiger partial charge in [-0.05, 0) is 24.6 Å². The van der Waals surface area contributed by atoms with Crippen LogP contribution in [0.15, 0.2) is 48.5 Å². The minimum Gasteiger partial charge on any atom is -0.479 e. The number of halogens is 1. The van der Waals surface area contributed by atoms with E-state index < -0.39 is 10.0 Å². The van der Waals surface area contributed by atoms with Crippen molar-refractivity contribution in [2.45, 2.75) is 12.7 Å². The van der Waals surface area contributed by atoms with E-state index in [9.17, 15) is 8.42 Å². The SMILES string of the molecule is Cc1cccc(CS(=O)(=O)NCC#CCOc2ccccc2Cl)c1. The highest BCUT2D eigenvalue weighted by atomic mass is 35.5. The lowest BCUT2D eigenvalue weighted by Crippen LogP contribution is -2.25. The molecule has 2 aromatic carbocycles. The lowest BCUT2D eigenvalue weighted by molar-refractivity contribution is 0.370. The largest absolute Gasteiger partial charge is 0.479 e. The van der Waals surface area contributed by atoms with Crippen LogP contribution in [0.25, 0.3) is 0 Å². The molecule has 0 aromatic heterocycles. The average molecular weight is 364 g/mol. The van der Waals surface area contributed by atoms with E-state index in [-0.39, 0.29) is 18.9 Å². The number of aryl methyl sites for hydroxylation is 1. The van der Waals surface area contributed by atoms with Gasteiger partial charge in [0.05, 0.1) is 17.3 Å². The fourth-order valence-electron chi connectivity index (χ4n) is 2.01. The molecule has 0 aliphatic carbocycles. The molecule has 0 spiro atoms. The second-order valence-electron chi connectivity index (χ2n) is 5.14. The van der Waals surface area contributed by atoms with Gasteiger partial charge in [-0.15, -0.1) is 0 Å². The zero-order chi connectivity index (χ0) is 17.4. The Labute approximate surface area is 147 Å². The van der Waals surface area contributed by atoms with Crippen molar-refractivity contribution in [1.29, 1.82) is 0 Å². The van der Waals surface area contributed by atoms with E-state index in [1.165, 1.54) is 0 Å². The molecule has 2 aromatic rings. The number of sulfonamides is 1. The van der Waals surface area contributed by atoms with E-state index >= 15 is 0 Å². The Morgan fingerprint density at radius 2 is 1.92 bits per heavy atom. The third kappa shape index (κ3) is 6.25. The van der Waals surface area contributed by atoms with E-state index in [1.807, 2.05) is 37.3 Å². The third-order valence-corrected chi connectivity index (χ3v) is 4.69. The number of para-hydroxylation sites is 1. The minimum absolute atomic E-state index is 0.0417. The summed E-state index contributed by atoms with van der Waals surface area (Å²) in [6.07, 6.45) is 0. The molecule has 0 amide bonds. The summed E-state index contributed by atoms with van der Waals surface area (Å²) in [6.45, 7) is 2.11. The van der Waals surface area contributed by atoms with Gasteiger partial charge in [0, 0.05) is 0 Å². The summed E-state index contributed by atoms with van der Waals surface area (Å²) in [5.41, 5.74) is 1.77. The molecule has 24 heavy (non-hydrogen) atoms. The summed E-state index contributed by atoms with van der Waals surface area (Å²) in [4.78, 5) is 0. The van der Waals surface area contributed by atoms with E-state index in [2.05, 4.69) is 16.6 Å². The number of rotatable bonds is 6. The first-order valence-corrected chi connectivity index (χ1v) is 9.35. The smallest absolute Gasteiger partial charge is 0.216 e. The van der Waals surface area contributed by atoms with Crippen LogP contribution in [0.2, 0.25) is 5.02 Å². The predicted molar refractivity (Wildman–Crippen MR) is 96.5 cm³/mol. The molecule has 2 rings (SSSR count). The Morgan fingerprint density at radius 3 is 2.67 bits per heavy atom. The molecule has 0 bridgehead atoms. The Hall–Kier alpha value is -2.00. The Bertz CT molecular complexity index is 854. The van der Waals surface area contributed by atoms with Gasteiger partial charge < -0.3 is 4.74 Å². The molecule has 0 unspecified atom stereocenters. The van der Waals surface area contributed by atoms with E-state index in [1.54, 1.807) is 18.2 Å². The predicted octanol–water partition coefficient (Wildman–Crippen LogP) is 3.15. The second-order valence-corrected chi connectivity index (χ2v) is 7.36. The molecule has 0 saturated heterocycles. The molecule has 0 aliphatic heterocycles. The van der Waals surface area contributed by atoms with Gasteiger partial charge in [0.25, 0.3) is 0 Å². The van der Waals surface area contributed by atoms with Crippen LogP contribution < -0.4 is 9.46 Å². The van der Waals surface area contributed by atoms with Crippen LogP contribution in [-0.4, -0.2) is 21.6 Å². The summed E-state index contributed by atoms with van der Waals surface area (Å²) >= 11 is 5.95. The van der Waals surface area contributed by atoms with Crippen LogP contribution in [-0.2, 0) is 15.8 Å². The molecule has 4 nitrogen and oxygen atoms in total. The van der Waals surface area contributed by atoms with Crippen molar-refractivity contribution in [2.75, 3.05) is 13.2 Å². The van der Waals surface area contributed by atoms with Gasteiger partial charge in [0.1, 0.15) is 12.4 Å². The number of ether oxygens (including phenoxy) is 1. The van der Waals surface area contributed by atoms with Crippen LogP contribution in [0.1, 0.15) is 11.1 Å².